The maximum Gasteiger partial charge on any atom is 0.178 e. The van der Waals surface area contributed by atoms with Crippen molar-refractivity contribution >= 4 is 5.78 Å². The summed E-state index contributed by atoms with van der Waals surface area (Å²) >= 11 is 0. The summed E-state index contributed by atoms with van der Waals surface area (Å²) in [6.45, 7) is 4.01. The number of rotatable bonds is 0. The number of carbonyl (C=O) groups excluding carboxylic acids is 1. The minimum absolute atomic E-state index is 0.0518. The minimum atomic E-state index is -1.14. The van der Waals surface area contributed by atoms with Crippen LogP contribution in [0, 0.1) is 28.6 Å². The molecule has 0 radical (unpaired) electrons. The molecule has 126 valence electrons. The van der Waals surface area contributed by atoms with Gasteiger partial charge in [-0.2, -0.15) is 0 Å². The van der Waals surface area contributed by atoms with Gasteiger partial charge in [0, 0.05) is 11.3 Å². The number of hydrogen-bond donors (Lipinski definition) is 2. The first kappa shape index (κ1) is 15.5. The van der Waals surface area contributed by atoms with Gasteiger partial charge in [-0.05, 0) is 60.7 Å². The van der Waals surface area contributed by atoms with Crippen LogP contribution in [-0.4, -0.2) is 34.4 Å². The molecule has 8 atom stereocenters. The third kappa shape index (κ3) is 1.91. The summed E-state index contributed by atoms with van der Waals surface area (Å²) < 4.78 is 14.9. The van der Waals surface area contributed by atoms with Crippen LogP contribution in [0.2, 0.25) is 0 Å². The molecule has 3 fully saturated rings. The first-order valence-corrected chi connectivity index (χ1v) is 8.73. The molecule has 0 aliphatic heterocycles. The Morgan fingerprint density at radius 3 is 2.74 bits per heavy atom. The predicted molar refractivity (Wildman–Crippen MR) is 84.3 cm³/mol. The van der Waals surface area contributed by atoms with Crippen molar-refractivity contribution in [2.75, 3.05) is 0 Å². The second-order valence-electron chi connectivity index (χ2n) is 8.49. The highest BCUT2D eigenvalue weighted by molar-refractivity contribution is 6.01. The number of allylic oxidation sites excluding steroid dienone is 4. The van der Waals surface area contributed by atoms with Crippen LogP contribution in [0.5, 0.6) is 0 Å². The Labute approximate surface area is 136 Å². The van der Waals surface area contributed by atoms with Crippen molar-refractivity contribution in [1.82, 2.24) is 0 Å². The fraction of sp³-hybridized carbons (Fsp3) is 0.737. The van der Waals surface area contributed by atoms with E-state index in [0.717, 1.165) is 12.8 Å². The van der Waals surface area contributed by atoms with Crippen LogP contribution in [0.4, 0.5) is 4.39 Å². The van der Waals surface area contributed by atoms with Gasteiger partial charge in [-0.3, -0.25) is 4.79 Å². The summed E-state index contributed by atoms with van der Waals surface area (Å²) in [5, 5.41) is 21.3. The highest BCUT2D eigenvalue weighted by Gasteiger charge is 2.63. The first-order valence-electron chi connectivity index (χ1n) is 8.73. The zero-order valence-electron chi connectivity index (χ0n) is 13.7. The molecule has 0 unspecified atom stereocenters. The summed E-state index contributed by atoms with van der Waals surface area (Å²) in [5.41, 5.74) is -0.371. The number of carbonyl (C=O) groups is 1. The van der Waals surface area contributed by atoms with Crippen molar-refractivity contribution in [2.45, 2.75) is 57.9 Å². The van der Waals surface area contributed by atoms with Crippen molar-refractivity contribution in [2.24, 2.45) is 28.6 Å². The molecule has 2 N–H and O–H groups in total. The van der Waals surface area contributed by atoms with E-state index in [1.165, 1.54) is 12.2 Å². The van der Waals surface area contributed by atoms with Gasteiger partial charge in [0.05, 0.1) is 12.2 Å². The first-order chi connectivity index (χ1) is 10.8. The van der Waals surface area contributed by atoms with Crippen LogP contribution in [-0.2, 0) is 4.79 Å². The smallest absolute Gasteiger partial charge is 0.178 e. The molecule has 0 aromatic rings. The number of aliphatic hydroxyl groups is 2. The quantitative estimate of drug-likeness (QED) is 0.721. The average molecular weight is 320 g/mol. The van der Waals surface area contributed by atoms with E-state index in [9.17, 15) is 19.4 Å². The third-order valence-corrected chi connectivity index (χ3v) is 7.42. The van der Waals surface area contributed by atoms with E-state index in [0.29, 0.717) is 18.4 Å². The Kier molecular flexibility index (Phi) is 3.21. The molecule has 0 saturated heterocycles. The number of ketones is 1. The molecule has 3 saturated carbocycles. The Balaban J connectivity index is 1.79. The lowest BCUT2D eigenvalue weighted by molar-refractivity contribution is -0.136. The molecule has 0 spiro atoms. The SMILES string of the molecule is C[C@]12C[C@H](O)[C@H]3[C@@H](C[C@H](F)C4=CC(=O)C=C[C@@]43C)[C@@H]1CC[C@@H]2O. The van der Waals surface area contributed by atoms with Gasteiger partial charge >= 0.3 is 0 Å². The van der Waals surface area contributed by atoms with Gasteiger partial charge in [0.25, 0.3) is 0 Å². The molecule has 4 aliphatic rings. The van der Waals surface area contributed by atoms with Crippen molar-refractivity contribution in [1.29, 1.82) is 0 Å². The van der Waals surface area contributed by atoms with Gasteiger partial charge in [0.15, 0.2) is 5.78 Å². The van der Waals surface area contributed by atoms with Crippen LogP contribution >= 0.6 is 0 Å². The summed E-state index contributed by atoms with van der Waals surface area (Å²) in [6.07, 6.45) is 5.19. The Morgan fingerprint density at radius 1 is 1.26 bits per heavy atom. The fourth-order valence-electron chi connectivity index (χ4n) is 6.31. The molecule has 4 heteroatoms. The average Bonchev–Trinajstić information content (AvgIpc) is 2.76. The Bertz CT molecular complexity index is 612. The molecule has 0 heterocycles. The molecule has 0 amide bonds. The van der Waals surface area contributed by atoms with Crippen LogP contribution in [0.3, 0.4) is 0 Å². The largest absolute Gasteiger partial charge is 0.393 e. The normalized spacial score (nSPS) is 55.0. The minimum Gasteiger partial charge on any atom is -0.393 e. The summed E-state index contributed by atoms with van der Waals surface area (Å²) in [5.74, 6) is 0.0583. The highest BCUT2D eigenvalue weighted by Crippen LogP contribution is 2.64. The molecule has 23 heavy (non-hydrogen) atoms. The van der Waals surface area contributed by atoms with E-state index in [4.69, 9.17) is 0 Å². The van der Waals surface area contributed by atoms with Crippen LogP contribution in [0.25, 0.3) is 0 Å². The highest BCUT2D eigenvalue weighted by atomic mass is 19.1. The molecular weight excluding hydrogens is 295 g/mol. The second-order valence-corrected chi connectivity index (χ2v) is 8.49. The zero-order chi connectivity index (χ0) is 16.6. The Morgan fingerprint density at radius 2 is 2.00 bits per heavy atom. The lowest BCUT2D eigenvalue weighted by Crippen LogP contribution is -2.58. The molecule has 4 aliphatic carbocycles. The van der Waals surface area contributed by atoms with Crippen LogP contribution in [0.1, 0.15) is 39.5 Å². The van der Waals surface area contributed by atoms with Gasteiger partial charge < -0.3 is 10.2 Å². The number of halogens is 1. The van der Waals surface area contributed by atoms with Crippen LogP contribution in [0.15, 0.2) is 23.8 Å². The van der Waals surface area contributed by atoms with Crippen molar-refractivity contribution in [3.8, 4) is 0 Å². The molecule has 0 aromatic heterocycles. The van der Waals surface area contributed by atoms with Gasteiger partial charge in [0.2, 0.25) is 0 Å². The van der Waals surface area contributed by atoms with E-state index in [2.05, 4.69) is 6.92 Å². The van der Waals surface area contributed by atoms with Crippen molar-refractivity contribution < 1.29 is 19.4 Å². The summed E-state index contributed by atoms with van der Waals surface area (Å²) in [6, 6.07) is 0. The summed E-state index contributed by atoms with van der Waals surface area (Å²) in [4.78, 5) is 11.7. The van der Waals surface area contributed by atoms with Gasteiger partial charge in [-0.25, -0.2) is 4.39 Å². The molecule has 0 bridgehead atoms. The molecule has 3 nitrogen and oxygen atoms in total. The van der Waals surface area contributed by atoms with Crippen LogP contribution < -0.4 is 0 Å². The summed E-state index contributed by atoms with van der Waals surface area (Å²) in [7, 11) is 0. The number of alkyl halides is 1. The number of hydrogen-bond acceptors (Lipinski definition) is 3. The fourth-order valence-corrected chi connectivity index (χ4v) is 6.31. The van der Waals surface area contributed by atoms with Crippen molar-refractivity contribution in [3.63, 3.8) is 0 Å². The Hall–Kier alpha value is -1.00. The monoisotopic (exact) mass is 320 g/mol. The predicted octanol–water partition coefficient (Wildman–Crippen LogP) is 2.57. The molecular formula is C19H25FO3. The second kappa shape index (κ2) is 4.76. The van der Waals surface area contributed by atoms with Crippen molar-refractivity contribution in [3.05, 3.63) is 23.8 Å². The van der Waals surface area contributed by atoms with Gasteiger partial charge in [0.1, 0.15) is 6.17 Å². The maximum absolute atomic E-state index is 14.9. The lowest BCUT2D eigenvalue weighted by atomic mass is 9.47. The van der Waals surface area contributed by atoms with E-state index >= 15 is 0 Å². The third-order valence-electron chi connectivity index (χ3n) is 7.42. The van der Waals surface area contributed by atoms with E-state index in [1.807, 2.05) is 13.0 Å². The molecule has 0 aromatic carbocycles. The van der Waals surface area contributed by atoms with Gasteiger partial charge in [-0.15, -0.1) is 0 Å². The molecule has 4 rings (SSSR count). The van der Waals surface area contributed by atoms with E-state index in [-0.39, 0.29) is 29.0 Å². The van der Waals surface area contributed by atoms with E-state index in [1.54, 1.807) is 0 Å². The number of aliphatic hydroxyl groups excluding tert-OH is 2. The van der Waals surface area contributed by atoms with E-state index < -0.39 is 23.8 Å². The zero-order valence-corrected chi connectivity index (χ0v) is 13.7. The number of fused-ring (bicyclic) bond motifs is 5. The lowest BCUT2D eigenvalue weighted by Gasteiger charge is -2.58. The van der Waals surface area contributed by atoms with Gasteiger partial charge in [-0.1, -0.05) is 19.9 Å². The topological polar surface area (TPSA) is 57.5 Å². The maximum atomic E-state index is 14.9. The standard InChI is InChI=1S/C19H25FO3/c1-18-6-5-10(21)7-13(18)14(20)8-11-12-3-4-16(23)19(12,2)9-15(22)17(11)18/h5-7,11-12,14-17,22-23H,3-4,8-9H2,1-2H3/t11-,12-,14-,15-,16-,17+,18-,19-/m0/s1.